The first kappa shape index (κ1) is 13.6. The minimum atomic E-state index is -4.19. The van der Waals surface area contributed by atoms with Crippen LogP contribution in [0, 0.1) is 0 Å². The monoisotopic (exact) mass is 249 g/mol. The molecule has 0 saturated carbocycles. The largest absolute Gasteiger partial charge is 0.401 e. The summed E-state index contributed by atoms with van der Waals surface area (Å²) in [6.45, 7) is -0.701. The van der Waals surface area contributed by atoms with Gasteiger partial charge in [-0.05, 0) is 19.0 Å². The Labute approximate surface area is 96.4 Å². The molecule has 0 amide bonds. The number of hydrogen-bond acceptors (Lipinski definition) is 3. The molecule has 96 valence electrons. The highest BCUT2D eigenvalue weighted by Crippen LogP contribution is 2.15. The minimum absolute atomic E-state index is 0.248. The third-order valence-electron chi connectivity index (χ3n) is 2.23. The second-order valence-electron chi connectivity index (χ2n) is 3.89. The van der Waals surface area contributed by atoms with Crippen LogP contribution in [0.1, 0.15) is 5.56 Å². The topological polar surface area (TPSA) is 51.3 Å². The molecule has 17 heavy (non-hydrogen) atoms. The van der Waals surface area contributed by atoms with Crippen molar-refractivity contribution in [2.75, 3.05) is 26.0 Å². The van der Waals surface area contributed by atoms with Crippen molar-refractivity contribution in [3.8, 4) is 0 Å². The van der Waals surface area contributed by atoms with E-state index in [9.17, 15) is 18.0 Å². The lowest BCUT2D eigenvalue weighted by Gasteiger charge is -2.18. The number of alkyl halides is 3. The van der Waals surface area contributed by atoms with Crippen molar-refractivity contribution < 1.29 is 13.2 Å². The number of aromatic nitrogens is 1. The molecule has 1 rings (SSSR count). The molecule has 1 aromatic heterocycles. The van der Waals surface area contributed by atoms with Gasteiger partial charge in [-0.15, -0.1) is 0 Å². The van der Waals surface area contributed by atoms with Gasteiger partial charge < -0.3 is 5.84 Å². The molecule has 0 bridgehead atoms. The summed E-state index contributed by atoms with van der Waals surface area (Å²) in [7, 11) is 1.39. The van der Waals surface area contributed by atoms with E-state index in [1.807, 2.05) is 0 Å². The first-order chi connectivity index (χ1) is 7.78. The van der Waals surface area contributed by atoms with E-state index in [-0.39, 0.29) is 12.1 Å². The van der Waals surface area contributed by atoms with Crippen LogP contribution in [0.2, 0.25) is 0 Å². The lowest BCUT2D eigenvalue weighted by molar-refractivity contribution is -0.142. The van der Waals surface area contributed by atoms with Gasteiger partial charge >= 0.3 is 6.18 Å². The fourth-order valence-corrected chi connectivity index (χ4v) is 1.40. The average molecular weight is 249 g/mol. The van der Waals surface area contributed by atoms with Gasteiger partial charge in [0.15, 0.2) is 0 Å². The number of likely N-dealkylation sites (N-methyl/N-ethyl adjacent to an activating group) is 1. The van der Waals surface area contributed by atoms with Crippen LogP contribution in [0.3, 0.4) is 0 Å². The van der Waals surface area contributed by atoms with Crippen LogP contribution in [0.4, 0.5) is 13.2 Å². The third kappa shape index (κ3) is 4.90. The Morgan fingerprint density at radius 3 is 2.59 bits per heavy atom. The Morgan fingerprint density at radius 2 is 2.06 bits per heavy atom. The van der Waals surface area contributed by atoms with Gasteiger partial charge in [0.05, 0.1) is 6.54 Å². The van der Waals surface area contributed by atoms with Gasteiger partial charge in [-0.2, -0.15) is 13.2 Å². The zero-order valence-corrected chi connectivity index (χ0v) is 9.37. The summed E-state index contributed by atoms with van der Waals surface area (Å²) >= 11 is 0. The molecule has 1 heterocycles. The maximum absolute atomic E-state index is 12.0. The Morgan fingerprint density at radius 1 is 1.41 bits per heavy atom. The maximum atomic E-state index is 12.0. The van der Waals surface area contributed by atoms with Crippen molar-refractivity contribution in [3.63, 3.8) is 0 Å². The highest BCUT2D eigenvalue weighted by atomic mass is 19.4. The molecule has 0 unspecified atom stereocenters. The van der Waals surface area contributed by atoms with Gasteiger partial charge in [-0.25, -0.2) is 4.68 Å². The first-order valence-corrected chi connectivity index (χ1v) is 5.00. The van der Waals surface area contributed by atoms with Crippen molar-refractivity contribution >= 4 is 0 Å². The molecule has 1 aromatic rings. The smallest absolute Gasteiger partial charge is 0.336 e. The highest BCUT2D eigenvalue weighted by Gasteiger charge is 2.28. The van der Waals surface area contributed by atoms with Crippen molar-refractivity contribution in [1.82, 2.24) is 9.58 Å². The van der Waals surface area contributed by atoms with E-state index >= 15 is 0 Å². The van der Waals surface area contributed by atoms with Crippen molar-refractivity contribution in [3.05, 3.63) is 34.2 Å². The van der Waals surface area contributed by atoms with Gasteiger partial charge in [-0.1, -0.05) is 6.07 Å². The summed E-state index contributed by atoms with van der Waals surface area (Å²) in [6, 6.07) is 2.85. The number of pyridine rings is 1. The summed E-state index contributed by atoms with van der Waals surface area (Å²) in [5, 5.41) is 0. The second-order valence-corrected chi connectivity index (χ2v) is 3.89. The molecule has 0 radical (unpaired) electrons. The quantitative estimate of drug-likeness (QED) is 0.795. The van der Waals surface area contributed by atoms with Crippen LogP contribution in [0.25, 0.3) is 0 Å². The van der Waals surface area contributed by atoms with E-state index in [0.717, 1.165) is 10.2 Å². The molecule has 0 fully saturated rings. The fourth-order valence-electron chi connectivity index (χ4n) is 1.40. The summed E-state index contributed by atoms with van der Waals surface area (Å²) < 4.78 is 37.0. The van der Waals surface area contributed by atoms with Gasteiger partial charge in [0.2, 0.25) is 0 Å². The van der Waals surface area contributed by atoms with Gasteiger partial charge in [0, 0.05) is 18.8 Å². The van der Waals surface area contributed by atoms with Crippen molar-refractivity contribution in [1.29, 1.82) is 0 Å². The zero-order chi connectivity index (χ0) is 13.1. The zero-order valence-electron chi connectivity index (χ0n) is 9.37. The van der Waals surface area contributed by atoms with Gasteiger partial charge in [0.25, 0.3) is 5.56 Å². The summed E-state index contributed by atoms with van der Waals surface area (Å²) in [5.41, 5.74) is 0.374. The molecular weight excluding hydrogens is 235 g/mol. The lowest BCUT2D eigenvalue weighted by atomic mass is 10.2. The highest BCUT2D eigenvalue weighted by molar-refractivity contribution is 5.10. The molecular formula is C10H14F3N3O. The number of hydrogen-bond donors (Lipinski definition) is 1. The van der Waals surface area contributed by atoms with E-state index in [0.29, 0.717) is 6.42 Å². The number of nitrogens with two attached hydrogens (primary N) is 1. The van der Waals surface area contributed by atoms with Crippen LogP contribution < -0.4 is 11.4 Å². The number of rotatable bonds is 4. The molecule has 0 aliphatic heterocycles. The van der Waals surface area contributed by atoms with Crippen LogP contribution in [0.5, 0.6) is 0 Å². The predicted octanol–water partition coefficient (Wildman–Crippen LogP) is 0.599. The van der Waals surface area contributed by atoms with E-state index in [1.165, 1.54) is 24.2 Å². The van der Waals surface area contributed by atoms with E-state index in [2.05, 4.69) is 0 Å². The molecule has 0 aliphatic carbocycles. The van der Waals surface area contributed by atoms with Crippen LogP contribution in [-0.4, -0.2) is 35.9 Å². The van der Waals surface area contributed by atoms with Crippen LogP contribution in [0.15, 0.2) is 23.1 Å². The lowest BCUT2D eigenvalue weighted by Crippen LogP contribution is -2.33. The van der Waals surface area contributed by atoms with Crippen molar-refractivity contribution in [2.45, 2.75) is 12.6 Å². The van der Waals surface area contributed by atoms with E-state index in [1.54, 1.807) is 6.07 Å². The summed E-state index contributed by atoms with van der Waals surface area (Å²) in [4.78, 5) is 12.1. The normalized spacial score (nSPS) is 12.1. The Kier molecular flexibility index (Phi) is 4.17. The van der Waals surface area contributed by atoms with Crippen LogP contribution >= 0.6 is 0 Å². The summed E-state index contributed by atoms with van der Waals surface area (Å²) in [6.07, 6.45) is -2.37. The van der Waals surface area contributed by atoms with Crippen LogP contribution in [-0.2, 0) is 6.42 Å². The van der Waals surface area contributed by atoms with E-state index < -0.39 is 12.7 Å². The Balaban J connectivity index is 2.50. The number of nitrogen functional groups attached to an aromatic ring is 1. The molecule has 2 N–H and O–H groups in total. The molecule has 4 nitrogen and oxygen atoms in total. The standard InChI is InChI=1S/C10H14F3N3O/c1-15(7-10(11,12)13)5-4-8-2-3-9(17)16(14)6-8/h2-3,6H,4-5,7,14H2,1H3. The average Bonchev–Trinajstić information content (AvgIpc) is 2.17. The molecule has 0 aromatic carbocycles. The molecule has 0 spiro atoms. The number of nitrogens with zero attached hydrogens (tertiary/aromatic N) is 2. The molecule has 0 atom stereocenters. The number of halogens is 3. The van der Waals surface area contributed by atoms with Gasteiger partial charge in [0.1, 0.15) is 0 Å². The molecule has 7 heteroatoms. The predicted molar refractivity (Wildman–Crippen MR) is 58.1 cm³/mol. The third-order valence-corrected chi connectivity index (χ3v) is 2.23. The first-order valence-electron chi connectivity index (χ1n) is 5.00. The Bertz CT molecular complexity index is 428. The fraction of sp³-hybridized carbons (Fsp3) is 0.500. The van der Waals surface area contributed by atoms with Crippen molar-refractivity contribution in [2.24, 2.45) is 0 Å². The molecule has 0 aliphatic rings. The maximum Gasteiger partial charge on any atom is 0.401 e. The van der Waals surface area contributed by atoms with E-state index in [4.69, 9.17) is 5.84 Å². The minimum Gasteiger partial charge on any atom is -0.336 e. The second kappa shape index (κ2) is 5.22. The Hall–Kier alpha value is -1.50. The summed E-state index contributed by atoms with van der Waals surface area (Å²) in [5.74, 6) is 5.34. The SMILES string of the molecule is CN(CCc1ccc(=O)n(N)c1)CC(F)(F)F. The molecule has 0 saturated heterocycles. The van der Waals surface area contributed by atoms with Gasteiger partial charge in [-0.3, -0.25) is 9.69 Å².